The number of amides is 2. The molecule has 6 nitrogen and oxygen atoms in total. The molecule has 1 fully saturated rings. The molecule has 0 spiro atoms. The van der Waals surface area contributed by atoms with Crippen LogP contribution in [-0.2, 0) is 22.7 Å². The summed E-state index contributed by atoms with van der Waals surface area (Å²) >= 11 is 6.06. The number of likely N-dealkylation sites (tertiary alicyclic amines) is 1. The Hall–Kier alpha value is -1.63. The largest absolute Gasteiger partial charge is 0.396 e. The van der Waals surface area contributed by atoms with E-state index in [2.05, 4.69) is 5.32 Å². The van der Waals surface area contributed by atoms with Gasteiger partial charge >= 0.3 is 0 Å². The number of hydrogen-bond acceptors (Lipinski definition) is 4. The lowest BCUT2D eigenvalue weighted by Crippen LogP contribution is -2.49. The first-order valence-corrected chi connectivity index (χ1v) is 10.2. The van der Waals surface area contributed by atoms with Crippen LogP contribution in [0.5, 0.6) is 0 Å². The van der Waals surface area contributed by atoms with Crippen LogP contribution in [0.15, 0.2) is 18.2 Å². The molecule has 2 atom stereocenters. The highest BCUT2D eigenvalue weighted by Gasteiger charge is 2.40. The molecule has 0 aromatic heterocycles. The predicted molar refractivity (Wildman–Crippen MR) is 111 cm³/mol. The van der Waals surface area contributed by atoms with Gasteiger partial charge in [-0.25, -0.2) is 0 Å². The molecule has 1 aliphatic rings. The number of nitrogens with zero attached hydrogens (tertiary/aromatic N) is 1. The molecular weight excluding hydrogens is 378 g/mol. The van der Waals surface area contributed by atoms with E-state index >= 15 is 0 Å². The lowest BCUT2D eigenvalue weighted by molar-refractivity contribution is -0.145. The summed E-state index contributed by atoms with van der Waals surface area (Å²) in [7, 11) is 0. The van der Waals surface area contributed by atoms with E-state index in [1.807, 2.05) is 26.8 Å². The smallest absolute Gasteiger partial charge is 0.243 e. The fraction of sp³-hybridized carbons (Fsp3) is 0.619. The van der Waals surface area contributed by atoms with Gasteiger partial charge in [-0.3, -0.25) is 9.59 Å². The molecule has 0 saturated carbocycles. The van der Waals surface area contributed by atoms with Crippen molar-refractivity contribution in [1.82, 2.24) is 10.2 Å². The van der Waals surface area contributed by atoms with Crippen molar-refractivity contribution in [1.29, 1.82) is 0 Å². The topological polar surface area (TPSA) is 95.7 Å². The zero-order valence-corrected chi connectivity index (χ0v) is 17.8. The summed E-state index contributed by atoms with van der Waals surface area (Å²) in [6.45, 7) is 7.18. The molecule has 2 rings (SSSR count). The van der Waals surface area contributed by atoms with Crippen LogP contribution in [-0.4, -0.2) is 41.0 Å². The Morgan fingerprint density at radius 2 is 2.07 bits per heavy atom. The van der Waals surface area contributed by atoms with Gasteiger partial charge in [-0.1, -0.05) is 38.4 Å². The molecule has 1 aromatic carbocycles. The molecule has 1 heterocycles. The molecule has 4 N–H and O–H groups in total. The van der Waals surface area contributed by atoms with Crippen molar-refractivity contribution < 1.29 is 14.7 Å². The zero-order chi connectivity index (χ0) is 20.9. The van der Waals surface area contributed by atoms with Crippen LogP contribution in [0.25, 0.3) is 0 Å². The maximum Gasteiger partial charge on any atom is 0.243 e. The number of benzene rings is 1. The highest BCUT2D eigenvalue weighted by atomic mass is 35.5. The quantitative estimate of drug-likeness (QED) is 0.644. The molecule has 28 heavy (non-hydrogen) atoms. The van der Waals surface area contributed by atoms with E-state index in [4.69, 9.17) is 17.3 Å². The van der Waals surface area contributed by atoms with Crippen molar-refractivity contribution in [2.45, 2.75) is 59.2 Å². The minimum absolute atomic E-state index is 0.0466. The van der Waals surface area contributed by atoms with Crippen molar-refractivity contribution >= 4 is 23.4 Å². The molecule has 0 radical (unpaired) electrons. The molecule has 2 amide bonds. The average Bonchev–Trinajstić information content (AvgIpc) is 3.12. The van der Waals surface area contributed by atoms with E-state index < -0.39 is 6.04 Å². The number of rotatable bonds is 7. The van der Waals surface area contributed by atoms with Gasteiger partial charge in [-0.05, 0) is 47.9 Å². The van der Waals surface area contributed by atoms with Gasteiger partial charge in [0, 0.05) is 37.2 Å². The van der Waals surface area contributed by atoms with E-state index in [1.165, 1.54) is 0 Å². The van der Waals surface area contributed by atoms with Crippen molar-refractivity contribution in [3.8, 4) is 0 Å². The summed E-state index contributed by atoms with van der Waals surface area (Å²) in [4.78, 5) is 27.6. The van der Waals surface area contributed by atoms with Crippen LogP contribution in [0.2, 0.25) is 5.02 Å². The van der Waals surface area contributed by atoms with Gasteiger partial charge in [-0.15, -0.1) is 0 Å². The molecule has 1 saturated heterocycles. The van der Waals surface area contributed by atoms with Gasteiger partial charge in [0.15, 0.2) is 0 Å². The number of aliphatic hydroxyl groups excluding tert-OH is 1. The van der Waals surface area contributed by atoms with Crippen molar-refractivity contribution in [3.63, 3.8) is 0 Å². The van der Waals surface area contributed by atoms with Crippen molar-refractivity contribution in [3.05, 3.63) is 34.3 Å². The number of carbonyl (C=O) groups is 2. The van der Waals surface area contributed by atoms with Gasteiger partial charge in [0.05, 0.1) is 0 Å². The highest BCUT2D eigenvalue weighted by Crippen LogP contribution is 2.32. The first kappa shape index (κ1) is 22.7. The first-order valence-electron chi connectivity index (χ1n) is 9.85. The fourth-order valence-corrected chi connectivity index (χ4v) is 4.01. The maximum absolute atomic E-state index is 13.1. The van der Waals surface area contributed by atoms with Crippen molar-refractivity contribution in [2.24, 2.45) is 17.1 Å². The third kappa shape index (κ3) is 5.46. The van der Waals surface area contributed by atoms with Gasteiger partial charge in [0.25, 0.3) is 0 Å². The number of nitrogens with two attached hydrogens (primary N) is 1. The SMILES string of the molecule is CC(C)(C)[C@@H](CCO)C(=O)N1CCCC1C(=O)NCc1cc(Cl)ccc1CN. The van der Waals surface area contributed by atoms with Gasteiger partial charge < -0.3 is 21.1 Å². The van der Waals surface area contributed by atoms with Crippen LogP contribution < -0.4 is 11.1 Å². The monoisotopic (exact) mass is 409 g/mol. The van der Waals surface area contributed by atoms with Crippen molar-refractivity contribution in [2.75, 3.05) is 13.2 Å². The zero-order valence-electron chi connectivity index (χ0n) is 17.0. The number of nitrogens with one attached hydrogen (secondary N) is 1. The normalized spacial score (nSPS) is 18.2. The van der Waals surface area contributed by atoms with Gasteiger partial charge in [0.2, 0.25) is 11.8 Å². The Labute approximate surface area is 172 Å². The van der Waals surface area contributed by atoms with Crippen LogP contribution in [0.4, 0.5) is 0 Å². The van der Waals surface area contributed by atoms with Gasteiger partial charge in [0.1, 0.15) is 6.04 Å². The van der Waals surface area contributed by atoms with E-state index in [1.54, 1.807) is 17.0 Å². The molecule has 1 aliphatic heterocycles. The summed E-state index contributed by atoms with van der Waals surface area (Å²) in [6, 6.07) is 4.97. The van der Waals surface area contributed by atoms with E-state index in [-0.39, 0.29) is 29.8 Å². The predicted octanol–water partition coefficient (Wildman–Crippen LogP) is 2.45. The number of aliphatic hydroxyl groups is 1. The molecule has 0 aliphatic carbocycles. The lowest BCUT2D eigenvalue weighted by atomic mass is 9.78. The molecule has 0 bridgehead atoms. The Morgan fingerprint density at radius 1 is 1.36 bits per heavy atom. The molecule has 1 unspecified atom stereocenters. The second kappa shape index (κ2) is 9.72. The van der Waals surface area contributed by atoms with Gasteiger partial charge in [-0.2, -0.15) is 0 Å². The second-order valence-corrected chi connectivity index (χ2v) is 8.89. The van der Waals surface area contributed by atoms with Crippen LogP contribution >= 0.6 is 11.6 Å². The third-order valence-electron chi connectivity index (χ3n) is 5.44. The second-order valence-electron chi connectivity index (χ2n) is 8.46. The lowest BCUT2D eigenvalue weighted by Gasteiger charge is -2.34. The Kier molecular flexibility index (Phi) is 7.87. The maximum atomic E-state index is 13.1. The van der Waals surface area contributed by atoms with Crippen LogP contribution in [0.1, 0.15) is 51.2 Å². The summed E-state index contributed by atoms with van der Waals surface area (Å²) in [6.07, 6.45) is 1.84. The number of hydrogen-bond donors (Lipinski definition) is 3. The van der Waals surface area contributed by atoms with Crippen LogP contribution in [0, 0.1) is 11.3 Å². The summed E-state index contributed by atoms with van der Waals surface area (Å²) in [5.41, 5.74) is 7.30. The minimum atomic E-state index is -0.475. The Bertz CT molecular complexity index is 703. The van der Waals surface area contributed by atoms with Crippen LogP contribution in [0.3, 0.4) is 0 Å². The fourth-order valence-electron chi connectivity index (χ4n) is 3.82. The number of carbonyl (C=O) groups excluding carboxylic acids is 2. The highest BCUT2D eigenvalue weighted by molar-refractivity contribution is 6.30. The summed E-state index contributed by atoms with van der Waals surface area (Å²) in [5.74, 6) is -0.530. The Morgan fingerprint density at radius 3 is 2.68 bits per heavy atom. The van der Waals surface area contributed by atoms with E-state index in [0.717, 1.165) is 17.5 Å². The van der Waals surface area contributed by atoms with E-state index in [0.29, 0.717) is 37.5 Å². The standard InChI is InChI=1S/C21H32ClN3O3/c1-21(2,3)17(8-10-26)20(28)25-9-4-5-18(25)19(27)24-13-15-11-16(22)7-6-14(15)12-23/h6-7,11,17-18,26H,4-5,8-10,12-13,23H2,1-3H3,(H,24,27)/t17-,18?/m0/s1. The molecule has 156 valence electrons. The average molecular weight is 410 g/mol. The summed E-state index contributed by atoms with van der Waals surface area (Å²) in [5, 5.41) is 12.9. The van der Waals surface area contributed by atoms with E-state index in [9.17, 15) is 14.7 Å². The molecular formula is C21H32ClN3O3. The molecule has 1 aromatic rings. The summed E-state index contributed by atoms with van der Waals surface area (Å²) < 4.78 is 0. The minimum Gasteiger partial charge on any atom is -0.396 e. The first-order chi connectivity index (χ1) is 13.2. The Balaban J connectivity index is 2.08. The molecule has 7 heteroatoms. The third-order valence-corrected chi connectivity index (χ3v) is 5.68. The number of halogens is 1.